The summed E-state index contributed by atoms with van der Waals surface area (Å²) in [5.74, 6) is 0. The van der Waals surface area contributed by atoms with E-state index in [1.165, 1.54) is 20.1 Å². The van der Waals surface area contributed by atoms with Crippen molar-refractivity contribution >= 4 is 27.3 Å². The van der Waals surface area contributed by atoms with Gasteiger partial charge in [0.05, 0.1) is 21.4 Å². The maximum atomic E-state index is 11.9. The van der Waals surface area contributed by atoms with Gasteiger partial charge in [-0.15, -0.1) is 0 Å². The van der Waals surface area contributed by atoms with E-state index in [2.05, 4.69) is 4.72 Å². The average Bonchev–Trinajstić information content (AvgIpc) is 2.32. The lowest BCUT2D eigenvalue weighted by atomic mass is 10.2. The Morgan fingerprint density at radius 1 is 1.47 bits per heavy atom. The molecule has 0 atom stereocenters. The molecule has 0 aliphatic heterocycles. The van der Waals surface area contributed by atoms with E-state index in [9.17, 15) is 18.5 Å². The molecule has 1 aromatic carbocycles. The van der Waals surface area contributed by atoms with E-state index in [1.54, 1.807) is 0 Å². The summed E-state index contributed by atoms with van der Waals surface area (Å²) in [6, 6.07) is 2.16. The molecular weight excluding hydrogens is 296 g/mol. The van der Waals surface area contributed by atoms with Gasteiger partial charge in [0.15, 0.2) is 0 Å². The lowest BCUT2D eigenvalue weighted by Crippen LogP contribution is -2.27. The third-order valence-corrected chi connectivity index (χ3v) is 4.23. The molecule has 7 nitrogen and oxygen atoms in total. The number of rotatable bonds is 6. The third kappa shape index (κ3) is 3.87. The molecule has 1 aromatic rings. The number of halogens is 1. The molecule has 0 amide bonds. The Hall–Kier alpha value is -1.22. The van der Waals surface area contributed by atoms with Crippen LogP contribution in [0.3, 0.4) is 0 Å². The summed E-state index contributed by atoms with van der Waals surface area (Å²) in [5.41, 5.74) is -0.109. The zero-order valence-electron chi connectivity index (χ0n) is 10.3. The van der Waals surface area contributed by atoms with Crippen LogP contribution in [0.2, 0.25) is 5.02 Å². The molecule has 0 spiro atoms. The van der Waals surface area contributed by atoms with Crippen molar-refractivity contribution in [2.75, 3.05) is 20.3 Å². The van der Waals surface area contributed by atoms with Crippen molar-refractivity contribution in [3.63, 3.8) is 0 Å². The van der Waals surface area contributed by atoms with Gasteiger partial charge in [-0.2, -0.15) is 0 Å². The zero-order valence-corrected chi connectivity index (χ0v) is 11.9. The fourth-order valence-electron chi connectivity index (χ4n) is 1.35. The molecule has 0 aliphatic carbocycles. The molecule has 0 heterocycles. The summed E-state index contributed by atoms with van der Waals surface area (Å²) in [6.45, 7) is 1.72. The molecule has 0 unspecified atom stereocenters. The molecule has 106 valence electrons. The minimum absolute atomic E-state index is 0.0290. The van der Waals surface area contributed by atoms with Crippen molar-refractivity contribution in [2.45, 2.75) is 11.8 Å². The number of hydrogen-bond donors (Lipinski definition) is 1. The number of nitrogens with one attached hydrogen (secondary N) is 1. The van der Waals surface area contributed by atoms with Crippen LogP contribution in [0.4, 0.5) is 5.69 Å². The van der Waals surface area contributed by atoms with Gasteiger partial charge in [-0.25, -0.2) is 13.1 Å². The van der Waals surface area contributed by atoms with E-state index in [4.69, 9.17) is 16.3 Å². The van der Waals surface area contributed by atoms with E-state index in [0.29, 0.717) is 0 Å². The largest absolute Gasteiger partial charge is 0.383 e. The van der Waals surface area contributed by atoms with Crippen LogP contribution >= 0.6 is 11.6 Å². The van der Waals surface area contributed by atoms with Gasteiger partial charge in [0.1, 0.15) is 0 Å². The SMILES string of the molecule is COCCNS(=O)(=O)c1cc(Cl)c(C)c([N+](=O)[O-])c1. The molecule has 0 aliphatic rings. The van der Waals surface area contributed by atoms with Crippen LogP contribution < -0.4 is 4.72 Å². The second kappa shape index (κ2) is 6.29. The van der Waals surface area contributed by atoms with Crippen LogP contribution in [-0.2, 0) is 14.8 Å². The van der Waals surface area contributed by atoms with Gasteiger partial charge in [0.25, 0.3) is 5.69 Å². The van der Waals surface area contributed by atoms with Crippen LogP contribution in [0.1, 0.15) is 5.56 Å². The minimum atomic E-state index is -3.85. The van der Waals surface area contributed by atoms with Crippen molar-refractivity contribution in [1.82, 2.24) is 4.72 Å². The third-order valence-electron chi connectivity index (χ3n) is 2.40. The first-order valence-electron chi connectivity index (χ1n) is 5.22. The molecule has 0 fully saturated rings. The highest BCUT2D eigenvalue weighted by molar-refractivity contribution is 7.89. The highest BCUT2D eigenvalue weighted by Crippen LogP contribution is 2.29. The van der Waals surface area contributed by atoms with Gasteiger partial charge in [-0.1, -0.05) is 11.6 Å². The number of nitro benzene ring substituents is 1. The second-order valence-corrected chi connectivity index (χ2v) is 5.87. The fraction of sp³-hybridized carbons (Fsp3) is 0.400. The maximum absolute atomic E-state index is 11.9. The molecule has 0 radical (unpaired) electrons. The summed E-state index contributed by atoms with van der Waals surface area (Å²) in [4.78, 5) is 9.91. The molecule has 1 N–H and O–H groups in total. The van der Waals surface area contributed by atoms with E-state index < -0.39 is 14.9 Å². The number of nitrogens with zero attached hydrogens (tertiary/aromatic N) is 1. The van der Waals surface area contributed by atoms with Crippen molar-refractivity contribution in [2.24, 2.45) is 0 Å². The van der Waals surface area contributed by atoms with Crippen molar-refractivity contribution in [3.8, 4) is 0 Å². The Morgan fingerprint density at radius 3 is 2.63 bits per heavy atom. The Labute approximate surface area is 115 Å². The molecule has 0 saturated heterocycles. The average molecular weight is 309 g/mol. The molecule has 0 bridgehead atoms. The molecular formula is C10H13ClN2O5S. The fourth-order valence-corrected chi connectivity index (χ4v) is 2.68. The van der Waals surface area contributed by atoms with Gasteiger partial charge in [-0.05, 0) is 13.0 Å². The molecule has 1 rings (SSSR count). The first-order valence-corrected chi connectivity index (χ1v) is 7.09. The topological polar surface area (TPSA) is 98.5 Å². The van der Waals surface area contributed by atoms with Gasteiger partial charge in [0.2, 0.25) is 10.0 Å². The van der Waals surface area contributed by atoms with E-state index in [0.717, 1.165) is 6.07 Å². The van der Waals surface area contributed by atoms with Crippen LogP contribution in [0, 0.1) is 17.0 Å². The van der Waals surface area contributed by atoms with Crippen molar-refractivity contribution < 1.29 is 18.1 Å². The Kier molecular flexibility index (Phi) is 5.24. The number of methoxy groups -OCH3 is 1. The van der Waals surface area contributed by atoms with Gasteiger partial charge < -0.3 is 4.74 Å². The standard InChI is InChI=1S/C10H13ClN2O5S/c1-7-9(11)5-8(6-10(7)13(14)15)19(16,17)12-3-4-18-2/h5-6,12H,3-4H2,1-2H3. The predicted molar refractivity (Wildman–Crippen MR) is 69.9 cm³/mol. The number of sulfonamides is 1. The van der Waals surface area contributed by atoms with E-state index >= 15 is 0 Å². The summed E-state index contributed by atoms with van der Waals surface area (Å²) in [6.07, 6.45) is 0. The molecule has 19 heavy (non-hydrogen) atoms. The second-order valence-electron chi connectivity index (χ2n) is 3.70. The number of nitro groups is 1. The van der Waals surface area contributed by atoms with Gasteiger partial charge >= 0.3 is 0 Å². The van der Waals surface area contributed by atoms with E-state index in [1.807, 2.05) is 0 Å². The lowest BCUT2D eigenvalue weighted by Gasteiger charge is -2.08. The van der Waals surface area contributed by atoms with Gasteiger partial charge in [-0.3, -0.25) is 10.1 Å². The first kappa shape index (κ1) is 15.8. The molecule has 0 aromatic heterocycles. The first-order chi connectivity index (χ1) is 8.79. The highest BCUT2D eigenvalue weighted by Gasteiger charge is 2.22. The number of hydrogen-bond acceptors (Lipinski definition) is 5. The maximum Gasteiger partial charge on any atom is 0.275 e. The quantitative estimate of drug-likeness (QED) is 0.487. The van der Waals surface area contributed by atoms with Crippen LogP contribution in [0.15, 0.2) is 17.0 Å². The molecule has 9 heteroatoms. The normalized spacial score (nSPS) is 11.5. The summed E-state index contributed by atoms with van der Waals surface area (Å²) in [5, 5.41) is 10.9. The van der Waals surface area contributed by atoms with E-state index in [-0.39, 0.29) is 34.3 Å². The summed E-state index contributed by atoms with van der Waals surface area (Å²) in [7, 11) is -2.41. The van der Waals surface area contributed by atoms with Gasteiger partial charge in [0, 0.05) is 25.3 Å². The molecule has 0 saturated carbocycles. The Morgan fingerprint density at radius 2 is 2.11 bits per heavy atom. The zero-order chi connectivity index (χ0) is 14.6. The summed E-state index contributed by atoms with van der Waals surface area (Å²) < 4.78 is 30.8. The monoisotopic (exact) mass is 308 g/mol. The lowest BCUT2D eigenvalue weighted by molar-refractivity contribution is -0.385. The van der Waals surface area contributed by atoms with Crippen LogP contribution in [0.5, 0.6) is 0 Å². The minimum Gasteiger partial charge on any atom is -0.383 e. The number of benzene rings is 1. The predicted octanol–water partition coefficient (Wildman–Crippen LogP) is 1.48. The van der Waals surface area contributed by atoms with Crippen molar-refractivity contribution in [3.05, 3.63) is 32.8 Å². The highest BCUT2D eigenvalue weighted by atomic mass is 35.5. The number of ether oxygens (including phenoxy) is 1. The smallest absolute Gasteiger partial charge is 0.275 e. The van der Waals surface area contributed by atoms with Crippen LogP contribution in [0.25, 0.3) is 0 Å². The Balaban J connectivity index is 3.17. The van der Waals surface area contributed by atoms with Crippen molar-refractivity contribution in [1.29, 1.82) is 0 Å². The Bertz CT molecular complexity index is 588. The summed E-state index contributed by atoms with van der Waals surface area (Å²) >= 11 is 5.81. The van der Waals surface area contributed by atoms with Crippen LogP contribution in [-0.4, -0.2) is 33.6 Å².